The highest BCUT2D eigenvalue weighted by Gasteiger charge is 2.22. The molecule has 0 amide bonds. The van der Waals surface area contributed by atoms with Crippen LogP contribution in [0, 0.1) is 5.82 Å². The standard InChI is InChI=1S/C11H13F3N2O3S2/c12-7-2-1-3-8(10(7)11(15)20)21(17,18)16-4-5-19-6-9(13)14/h1-3,9,16H,4-6H2,(H2,15,20). The van der Waals surface area contributed by atoms with Crippen molar-refractivity contribution in [3.8, 4) is 0 Å². The lowest BCUT2D eigenvalue weighted by molar-refractivity contribution is 0.0199. The molecule has 0 aliphatic heterocycles. The largest absolute Gasteiger partial charge is 0.389 e. The topological polar surface area (TPSA) is 81.4 Å². The molecule has 118 valence electrons. The zero-order chi connectivity index (χ0) is 16.0. The normalized spacial score (nSPS) is 11.8. The van der Waals surface area contributed by atoms with E-state index in [4.69, 9.17) is 5.73 Å². The van der Waals surface area contributed by atoms with E-state index in [2.05, 4.69) is 21.7 Å². The molecular formula is C11H13F3N2O3S2. The molecule has 0 aromatic heterocycles. The molecule has 0 aliphatic rings. The molecule has 1 rings (SSSR count). The van der Waals surface area contributed by atoms with E-state index in [-0.39, 0.29) is 13.2 Å². The maximum absolute atomic E-state index is 13.6. The summed E-state index contributed by atoms with van der Waals surface area (Å²) in [5.41, 5.74) is 4.92. The predicted octanol–water partition coefficient (Wildman–Crippen LogP) is 1.02. The molecule has 0 bridgehead atoms. The molecule has 0 saturated carbocycles. The van der Waals surface area contributed by atoms with Crippen LogP contribution >= 0.6 is 12.2 Å². The third-order valence-corrected chi connectivity index (χ3v) is 4.00. The molecule has 1 aromatic rings. The smallest absolute Gasteiger partial charge is 0.261 e. The van der Waals surface area contributed by atoms with Crippen LogP contribution in [0.2, 0.25) is 0 Å². The molecule has 10 heteroatoms. The van der Waals surface area contributed by atoms with Gasteiger partial charge >= 0.3 is 0 Å². The Morgan fingerprint density at radius 2 is 2.10 bits per heavy atom. The van der Waals surface area contributed by atoms with E-state index >= 15 is 0 Å². The lowest BCUT2D eigenvalue weighted by Crippen LogP contribution is -2.30. The van der Waals surface area contributed by atoms with Crippen LogP contribution in [0.15, 0.2) is 23.1 Å². The van der Waals surface area contributed by atoms with Crippen molar-refractivity contribution in [2.75, 3.05) is 19.8 Å². The molecule has 0 heterocycles. The molecule has 5 nitrogen and oxygen atoms in total. The number of halogens is 3. The minimum absolute atomic E-state index is 0.248. The predicted molar refractivity (Wildman–Crippen MR) is 74.3 cm³/mol. The molecule has 0 fully saturated rings. The highest BCUT2D eigenvalue weighted by molar-refractivity contribution is 7.89. The summed E-state index contributed by atoms with van der Waals surface area (Å²) in [7, 11) is -4.08. The lowest BCUT2D eigenvalue weighted by Gasteiger charge is -2.11. The SMILES string of the molecule is NC(=S)c1c(F)cccc1S(=O)(=O)NCCOCC(F)F. The van der Waals surface area contributed by atoms with Crippen LogP contribution in [-0.2, 0) is 14.8 Å². The molecule has 0 atom stereocenters. The Bertz CT molecular complexity index is 609. The van der Waals surface area contributed by atoms with Gasteiger partial charge in [0, 0.05) is 6.54 Å². The third kappa shape index (κ3) is 5.23. The second-order valence-corrected chi connectivity index (χ2v) is 6.02. The van der Waals surface area contributed by atoms with Gasteiger partial charge in [0.15, 0.2) is 0 Å². The third-order valence-electron chi connectivity index (χ3n) is 2.29. The van der Waals surface area contributed by atoms with Gasteiger partial charge < -0.3 is 10.5 Å². The Morgan fingerprint density at radius 3 is 2.67 bits per heavy atom. The number of nitrogens with one attached hydrogen (secondary N) is 1. The quantitative estimate of drug-likeness (QED) is 0.545. The number of alkyl halides is 2. The van der Waals surface area contributed by atoms with Crippen LogP contribution in [0.4, 0.5) is 13.2 Å². The maximum atomic E-state index is 13.6. The maximum Gasteiger partial charge on any atom is 0.261 e. The molecule has 1 aromatic carbocycles. The fourth-order valence-electron chi connectivity index (χ4n) is 1.47. The van der Waals surface area contributed by atoms with Crippen molar-refractivity contribution < 1.29 is 26.3 Å². The second-order valence-electron chi connectivity index (χ2n) is 3.84. The van der Waals surface area contributed by atoms with Gasteiger partial charge in [-0.3, -0.25) is 0 Å². The first-order chi connectivity index (χ1) is 9.75. The summed E-state index contributed by atoms with van der Waals surface area (Å²) in [6.45, 7) is -1.29. The number of hydrogen-bond donors (Lipinski definition) is 2. The molecule has 21 heavy (non-hydrogen) atoms. The monoisotopic (exact) mass is 342 g/mol. The van der Waals surface area contributed by atoms with Crippen LogP contribution in [0.5, 0.6) is 0 Å². The Balaban J connectivity index is 2.80. The van der Waals surface area contributed by atoms with Crippen LogP contribution in [0.25, 0.3) is 0 Å². The number of nitrogens with two attached hydrogens (primary N) is 1. The van der Waals surface area contributed by atoms with Crippen LogP contribution < -0.4 is 10.5 Å². The van der Waals surface area contributed by atoms with Gasteiger partial charge in [-0.05, 0) is 12.1 Å². The number of ether oxygens (including phenoxy) is 1. The molecule has 3 N–H and O–H groups in total. The number of benzene rings is 1. The summed E-state index contributed by atoms with van der Waals surface area (Å²) in [6.07, 6.45) is -2.63. The number of thiocarbonyl (C=S) groups is 1. The first-order valence-corrected chi connectivity index (χ1v) is 7.58. The number of hydrogen-bond acceptors (Lipinski definition) is 4. The van der Waals surface area contributed by atoms with Gasteiger partial charge in [0.05, 0.1) is 17.1 Å². The van der Waals surface area contributed by atoms with Gasteiger partial charge in [-0.2, -0.15) is 0 Å². The van der Waals surface area contributed by atoms with Crippen molar-refractivity contribution in [1.29, 1.82) is 0 Å². The summed E-state index contributed by atoms with van der Waals surface area (Å²) in [4.78, 5) is -0.814. The van der Waals surface area contributed by atoms with Gasteiger partial charge in [0.2, 0.25) is 10.0 Å². The van der Waals surface area contributed by atoms with E-state index in [1.165, 1.54) is 6.07 Å². The average molecular weight is 342 g/mol. The first-order valence-electron chi connectivity index (χ1n) is 5.69. The molecular weight excluding hydrogens is 329 g/mol. The van der Waals surface area contributed by atoms with E-state index in [0.717, 1.165) is 12.1 Å². The summed E-state index contributed by atoms with van der Waals surface area (Å²) >= 11 is 4.63. The van der Waals surface area contributed by atoms with Crippen molar-refractivity contribution >= 4 is 27.2 Å². The molecule has 0 radical (unpaired) electrons. The zero-order valence-electron chi connectivity index (χ0n) is 10.7. The van der Waals surface area contributed by atoms with Gasteiger partial charge in [0.1, 0.15) is 17.4 Å². The van der Waals surface area contributed by atoms with Gasteiger partial charge in [-0.1, -0.05) is 18.3 Å². The van der Waals surface area contributed by atoms with Crippen molar-refractivity contribution in [2.45, 2.75) is 11.3 Å². The first kappa shape index (κ1) is 17.8. The Morgan fingerprint density at radius 1 is 1.43 bits per heavy atom. The Kier molecular flexibility index (Phi) is 6.52. The van der Waals surface area contributed by atoms with Gasteiger partial charge in [0.25, 0.3) is 6.43 Å². The minimum atomic E-state index is -4.08. The van der Waals surface area contributed by atoms with E-state index in [1.54, 1.807) is 0 Å². The molecule has 0 spiro atoms. The van der Waals surface area contributed by atoms with Crippen molar-refractivity contribution in [3.63, 3.8) is 0 Å². The molecule has 0 aliphatic carbocycles. The van der Waals surface area contributed by atoms with E-state index < -0.39 is 44.3 Å². The fraction of sp³-hybridized carbons (Fsp3) is 0.364. The number of rotatable bonds is 8. The summed E-state index contributed by atoms with van der Waals surface area (Å²) in [5, 5.41) is 0. The summed E-state index contributed by atoms with van der Waals surface area (Å²) in [5.74, 6) is -0.862. The molecule has 0 unspecified atom stereocenters. The van der Waals surface area contributed by atoms with Crippen LogP contribution in [0.1, 0.15) is 5.56 Å². The lowest BCUT2D eigenvalue weighted by atomic mass is 10.2. The van der Waals surface area contributed by atoms with Gasteiger partial charge in [-0.15, -0.1) is 0 Å². The Hall–Kier alpha value is -1.23. The molecule has 0 saturated heterocycles. The van der Waals surface area contributed by atoms with Gasteiger partial charge in [-0.25, -0.2) is 26.3 Å². The van der Waals surface area contributed by atoms with Crippen LogP contribution in [0.3, 0.4) is 0 Å². The highest BCUT2D eigenvalue weighted by Crippen LogP contribution is 2.18. The fourth-order valence-corrected chi connectivity index (χ4v) is 2.98. The average Bonchev–Trinajstić information content (AvgIpc) is 2.37. The summed E-state index contributed by atoms with van der Waals surface area (Å²) in [6, 6.07) is 3.36. The van der Waals surface area contributed by atoms with Crippen LogP contribution in [-0.4, -0.2) is 39.6 Å². The summed E-state index contributed by atoms with van der Waals surface area (Å²) < 4.78 is 67.9. The Labute approximate surface area is 125 Å². The second kappa shape index (κ2) is 7.69. The highest BCUT2D eigenvalue weighted by atomic mass is 32.2. The van der Waals surface area contributed by atoms with Crippen molar-refractivity contribution in [1.82, 2.24) is 4.72 Å². The minimum Gasteiger partial charge on any atom is -0.389 e. The van der Waals surface area contributed by atoms with E-state index in [9.17, 15) is 21.6 Å². The van der Waals surface area contributed by atoms with E-state index in [1.807, 2.05) is 0 Å². The number of sulfonamides is 1. The van der Waals surface area contributed by atoms with Crippen molar-refractivity contribution in [3.05, 3.63) is 29.6 Å². The van der Waals surface area contributed by atoms with Crippen molar-refractivity contribution in [2.24, 2.45) is 5.73 Å². The van der Waals surface area contributed by atoms with E-state index in [0.29, 0.717) is 0 Å². The zero-order valence-corrected chi connectivity index (χ0v) is 12.3.